The molecule has 1 atom stereocenters. The first kappa shape index (κ1) is 23.0. The lowest BCUT2D eigenvalue weighted by atomic mass is 10.0. The van der Waals surface area contributed by atoms with Gasteiger partial charge in [0, 0.05) is 24.2 Å². The van der Waals surface area contributed by atoms with Crippen LogP contribution in [0.4, 0.5) is 5.82 Å². The maximum atomic E-state index is 10.0. The second-order valence-corrected chi connectivity index (χ2v) is 7.80. The van der Waals surface area contributed by atoms with Crippen LogP contribution in [0.1, 0.15) is 25.5 Å². The van der Waals surface area contributed by atoms with Gasteiger partial charge >= 0.3 is 0 Å². The molecule has 2 aromatic heterocycles. The lowest BCUT2D eigenvalue weighted by Crippen LogP contribution is -2.13. The van der Waals surface area contributed by atoms with E-state index in [4.69, 9.17) is 9.97 Å². The summed E-state index contributed by atoms with van der Waals surface area (Å²) in [5, 5.41) is 14.4. The summed E-state index contributed by atoms with van der Waals surface area (Å²) in [5.74, 6) is 1.23. The molecule has 0 amide bonds. The van der Waals surface area contributed by atoms with Crippen molar-refractivity contribution >= 4 is 22.4 Å². The Morgan fingerprint density at radius 2 is 1.91 bits per heavy atom. The van der Waals surface area contributed by atoms with Crippen molar-refractivity contribution in [2.45, 2.75) is 20.0 Å². The number of nitrogens with zero attached hydrogens (tertiary/aromatic N) is 4. The molecule has 2 aromatic carbocycles. The van der Waals surface area contributed by atoms with Crippen LogP contribution in [0.2, 0.25) is 0 Å². The number of anilines is 1. The predicted molar refractivity (Wildman–Crippen MR) is 140 cm³/mol. The summed E-state index contributed by atoms with van der Waals surface area (Å²) >= 11 is 0. The van der Waals surface area contributed by atoms with Gasteiger partial charge in [0.1, 0.15) is 5.82 Å². The zero-order valence-electron chi connectivity index (χ0n) is 19.3. The van der Waals surface area contributed by atoms with Crippen LogP contribution in [-0.2, 0) is 0 Å². The van der Waals surface area contributed by atoms with Crippen molar-refractivity contribution in [2.75, 3.05) is 11.9 Å². The molecule has 34 heavy (non-hydrogen) atoms. The van der Waals surface area contributed by atoms with E-state index in [-0.39, 0.29) is 0 Å². The van der Waals surface area contributed by atoms with E-state index in [0.29, 0.717) is 23.8 Å². The first-order chi connectivity index (χ1) is 16.6. The largest absolute Gasteiger partial charge is 0.389 e. The molecular weight excluding hydrogens is 422 g/mol. The maximum absolute atomic E-state index is 10.0. The van der Waals surface area contributed by atoms with Crippen LogP contribution in [-0.4, -0.2) is 32.3 Å². The molecule has 4 aromatic rings. The van der Waals surface area contributed by atoms with Gasteiger partial charge in [0.25, 0.3) is 0 Å². The van der Waals surface area contributed by atoms with Crippen LogP contribution in [0.15, 0.2) is 96.9 Å². The maximum Gasteiger partial charge on any atom is 0.163 e. The van der Waals surface area contributed by atoms with Crippen molar-refractivity contribution in [2.24, 2.45) is 4.99 Å². The Labute approximate surface area is 199 Å². The smallest absolute Gasteiger partial charge is 0.163 e. The molecular formula is C28H27N5O. The van der Waals surface area contributed by atoms with Gasteiger partial charge in [-0.2, -0.15) is 0 Å². The second-order valence-electron chi connectivity index (χ2n) is 7.80. The summed E-state index contributed by atoms with van der Waals surface area (Å²) in [6.07, 6.45) is 8.14. The van der Waals surface area contributed by atoms with E-state index in [1.165, 1.54) is 6.20 Å². The van der Waals surface area contributed by atoms with Gasteiger partial charge in [-0.1, -0.05) is 55.1 Å². The number of aromatic nitrogens is 3. The molecule has 2 N–H and O–H groups in total. The Kier molecular flexibility index (Phi) is 7.20. The number of hydrogen-bond acceptors (Lipinski definition) is 6. The van der Waals surface area contributed by atoms with E-state index in [1.54, 1.807) is 19.3 Å². The minimum Gasteiger partial charge on any atom is -0.389 e. The number of aliphatic hydroxyl groups is 1. The van der Waals surface area contributed by atoms with Crippen molar-refractivity contribution in [3.63, 3.8) is 0 Å². The molecule has 0 aliphatic carbocycles. The van der Waals surface area contributed by atoms with E-state index < -0.39 is 6.10 Å². The van der Waals surface area contributed by atoms with E-state index in [2.05, 4.69) is 40.1 Å². The van der Waals surface area contributed by atoms with Crippen LogP contribution in [0, 0.1) is 0 Å². The molecule has 0 saturated carbocycles. The van der Waals surface area contributed by atoms with Gasteiger partial charge in [0.15, 0.2) is 5.82 Å². The number of nitrogens with one attached hydrogen (secondary N) is 1. The molecule has 6 nitrogen and oxygen atoms in total. The molecule has 0 spiro atoms. The second kappa shape index (κ2) is 10.6. The molecule has 170 valence electrons. The summed E-state index contributed by atoms with van der Waals surface area (Å²) in [6, 6.07) is 18.1. The highest BCUT2D eigenvalue weighted by Crippen LogP contribution is 2.34. The van der Waals surface area contributed by atoms with Gasteiger partial charge in [-0.15, -0.1) is 0 Å². The third-order valence-electron chi connectivity index (χ3n) is 5.36. The van der Waals surface area contributed by atoms with Crippen molar-refractivity contribution in [3.05, 3.63) is 97.5 Å². The number of rotatable bonds is 8. The van der Waals surface area contributed by atoms with E-state index in [9.17, 15) is 5.11 Å². The summed E-state index contributed by atoms with van der Waals surface area (Å²) in [5.41, 5.74) is 5.21. The van der Waals surface area contributed by atoms with Crippen molar-refractivity contribution in [1.29, 1.82) is 0 Å². The van der Waals surface area contributed by atoms with E-state index in [0.717, 1.165) is 33.3 Å². The number of benzene rings is 2. The molecule has 0 aliphatic rings. The average molecular weight is 450 g/mol. The van der Waals surface area contributed by atoms with Crippen LogP contribution < -0.4 is 5.32 Å². The van der Waals surface area contributed by atoms with Gasteiger partial charge in [0.05, 0.1) is 29.3 Å². The Hall–Kier alpha value is -4.16. The van der Waals surface area contributed by atoms with E-state index in [1.807, 2.05) is 55.5 Å². The highest BCUT2D eigenvalue weighted by Gasteiger charge is 2.15. The topological polar surface area (TPSA) is 83.3 Å². The van der Waals surface area contributed by atoms with Crippen molar-refractivity contribution in [3.8, 4) is 22.5 Å². The average Bonchev–Trinajstić information content (AvgIpc) is 2.87. The number of hydrogen-bond donors (Lipinski definition) is 2. The predicted octanol–water partition coefficient (Wildman–Crippen LogP) is 5.98. The summed E-state index contributed by atoms with van der Waals surface area (Å²) in [7, 11) is 0. The van der Waals surface area contributed by atoms with Gasteiger partial charge < -0.3 is 10.4 Å². The third kappa shape index (κ3) is 5.08. The molecule has 0 radical (unpaired) electrons. The number of aliphatic imine (C=N–C) groups is 1. The molecule has 0 bridgehead atoms. The zero-order valence-corrected chi connectivity index (χ0v) is 19.3. The molecule has 0 fully saturated rings. The van der Waals surface area contributed by atoms with Crippen molar-refractivity contribution < 1.29 is 5.11 Å². The minimum absolute atomic E-state index is 0.469. The van der Waals surface area contributed by atoms with Crippen LogP contribution in [0.25, 0.3) is 33.4 Å². The fourth-order valence-electron chi connectivity index (χ4n) is 3.74. The van der Waals surface area contributed by atoms with Crippen molar-refractivity contribution in [1.82, 2.24) is 15.0 Å². The highest BCUT2D eigenvalue weighted by molar-refractivity contribution is 6.04. The zero-order chi connectivity index (χ0) is 23.9. The number of allylic oxidation sites excluding steroid dienone is 1. The Bertz CT molecular complexity index is 1360. The monoisotopic (exact) mass is 449 g/mol. The third-order valence-corrected chi connectivity index (χ3v) is 5.36. The fourth-order valence-corrected chi connectivity index (χ4v) is 3.74. The first-order valence-corrected chi connectivity index (χ1v) is 11.1. The molecule has 1 unspecified atom stereocenters. The highest BCUT2D eigenvalue weighted by atomic mass is 16.3. The van der Waals surface area contributed by atoms with Crippen LogP contribution in [0.3, 0.4) is 0 Å². The number of pyridine rings is 1. The molecule has 2 heterocycles. The quantitative estimate of drug-likeness (QED) is 0.323. The fraction of sp³-hybridized carbons (Fsp3) is 0.143. The van der Waals surface area contributed by atoms with E-state index >= 15 is 0 Å². The number of aliphatic hydroxyl groups excluding tert-OH is 1. The van der Waals surface area contributed by atoms with Gasteiger partial charge in [-0.05, 0) is 48.7 Å². The Balaban J connectivity index is 1.89. The SMILES string of the molecule is C=CN=C(/C=C\C)CNc1nc(-c2cncc(C(C)O)c2)nc2cccc(-c3ccccc3)c12. The van der Waals surface area contributed by atoms with Crippen LogP contribution in [0.5, 0.6) is 0 Å². The standard InChI is InChI=1S/C28H27N5O/c1-4-10-23(30-5-2)18-31-28-26-24(20-11-7-6-8-12-20)13-9-14-25(26)32-27(33-28)22-15-21(19(3)34)16-29-17-22/h4-17,19,34H,2,18H2,1,3H3,(H,31,32,33)/b10-4-,30-23?. The minimum atomic E-state index is -0.631. The van der Waals surface area contributed by atoms with Gasteiger partial charge in [0.2, 0.25) is 0 Å². The Morgan fingerprint density at radius 1 is 1.09 bits per heavy atom. The lowest BCUT2D eigenvalue weighted by molar-refractivity contribution is 0.199. The summed E-state index contributed by atoms with van der Waals surface area (Å²) in [4.78, 5) is 18.4. The first-order valence-electron chi connectivity index (χ1n) is 11.1. The number of fused-ring (bicyclic) bond motifs is 1. The Morgan fingerprint density at radius 3 is 2.65 bits per heavy atom. The van der Waals surface area contributed by atoms with Crippen LogP contribution >= 0.6 is 0 Å². The molecule has 0 aliphatic heterocycles. The van der Waals surface area contributed by atoms with Gasteiger partial charge in [-0.3, -0.25) is 9.98 Å². The normalized spacial score (nSPS) is 12.7. The lowest BCUT2D eigenvalue weighted by Gasteiger charge is -2.15. The molecule has 6 heteroatoms. The molecule has 4 rings (SSSR count). The molecule has 0 saturated heterocycles. The summed E-state index contributed by atoms with van der Waals surface area (Å²) < 4.78 is 0. The summed E-state index contributed by atoms with van der Waals surface area (Å²) in [6.45, 7) is 7.85. The van der Waals surface area contributed by atoms with Gasteiger partial charge in [-0.25, -0.2) is 9.97 Å².